The number of rotatable bonds is 7. The lowest BCUT2D eigenvalue weighted by Crippen LogP contribution is -2.37. The molecule has 0 aliphatic heterocycles. The molecule has 1 aromatic heterocycles. The molecule has 1 aromatic carbocycles. The van der Waals surface area contributed by atoms with Crippen molar-refractivity contribution in [3.8, 4) is 5.69 Å². The van der Waals surface area contributed by atoms with Crippen molar-refractivity contribution >= 4 is 6.03 Å². The molecule has 2 rings (SSSR count). The van der Waals surface area contributed by atoms with Gasteiger partial charge < -0.3 is 20.3 Å². The van der Waals surface area contributed by atoms with E-state index in [0.29, 0.717) is 24.2 Å². The van der Waals surface area contributed by atoms with E-state index in [1.54, 1.807) is 36.0 Å². The van der Waals surface area contributed by atoms with Crippen LogP contribution in [0.4, 0.5) is 9.18 Å². The van der Waals surface area contributed by atoms with Gasteiger partial charge in [0.05, 0.1) is 18.1 Å². The minimum Gasteiger partial charge on any atom is -0.393 e. The van der Waals surface area contributed by atoms with Crippen LogP contribution in [0.1, 0.15) is 25.8 Å². The Labute approximate surface area is 140 Å². The van der Waals surface area contributed by atoms with E-state index in [1.165, 1.54) is 12.4 Å². The van der Waals surface area contributed by atoms with Crippen molar-refractivity contribution < 1.29 is 14.3 Å². The second kappa shape index (κ2) is 8.44. The molecule has 0 fully saturated rings. The number of halogens is 1. The monoisotopic (exact) mass is 334 g/mol. The van der Waals surface area contributed by atoms with Crippen molar-refractivity contribution in [1.29, 1.82) is 0 Å². The van der Waals surface area contributed by atoms with Gasteiger partial charge in [-0.15, -0.1) is 0 Å². The molecule has 3 N–H and O–H groups in total. The highest BCUT2D eigenvalue weighted by molar-refractivity contribution is 5.73. The number of urea groups is 1. The fraction of sp³-hybridized carbons (Fsp3) is 0.412. The number of aliphatic hydroxyl groups is 1. The third-order valence-corrected chi connectivity index (χ3v) is 3.60. The number of carbonyl (C=O) groups is 1. The number of amides is 2. The van der Waals surface area contributed by atoms with Crippen LogP contribution in [0.3, 0.4) is 0 Å². The van der Waals surface area contributed by atoms with Crippen LogP contribution in [0.15, 0.2) is 36.9 Å². The van der Waals surface area contributed by atoms with E-state index in [1.807, 2.05) is 6.92 Å². The molecule has 2 unspecified atom stereocenters. The van der Waals surface area contributed by atoms with E-state index < -0.39 is 0 Å². The Kier molecular flexibility index (Phi) is 6.31. The summed E-state index contributed by atoms with van der Waals surface area (Å²) >= 11 is 0. The number of hydrogen-bond donors (Lipinski definition) is 3. The van der Waals surface area contributed by atoms with Crippen LogP contribution in [0, 0.1) is 11.7 Å². The zero-order chi connectivity index (χ0) is 17.5. The van der Waals surface area contributed by atoms with Crippen LogP contribution < -0.4 is 10.6 Å². The summed E-state index contributed by atoms with van der Waals surface area (Å²) in [6.45, 7) is 4.39. The molecule has 0 radical (unpaired) electrons. The lowest BCUT2D eigenvalue weighted by Gasteiger charge is -2.15. The second-order valence-electron chi connectivity index (χ2n) is 6.01. The van der Waals surface area contributed by atoms with Crippen LogP contribution >= 0.6 is 0 Å². The standard InChI is InChI=1S/C17H23FN4O2/c1-12(7-13(2)23)9-20-17(24)21-10-14-3-4-16(15(18)8-14)22-6-5-19-11-22/h3-6,8,11-13,23H,7,9-10H2,1-2H3,(H2,20,21,24). The van der Waals surface area contributed by atoms with Crippen LogP contribution in [-0.4, -0.2) is 33.3 Å². The van der Waals surface area contributed by atoms with Gasteiger partial charge in [-0.2, -0.15) is 0 Å². The summed E-state index contributed by atoms with van der Waals surface area (Å²) in [5.41, 5.74) is 1.08. The number of benzene rings is 1. The van der Waals surface area contributed by atoms with Gasteiger partial charge in [0.25, 0.3) is 0 Å². The molecule has 7 heteroatoms. The number of nitrogens with zero attached hydrogens (tertiary/aromatic N) is 2. The van der Waals surface area contributed by atoms with E-state index in [9.17, 15) is 14.3 Å². The molecule has 2 aromatic rings. The maximum Gasteiger partial charge on any atom is 0.315 e. The van der Waals surface area contributed by atoms with Crippen LogP contribution in [0.25, 0.3) is 5.69 Å². The Morgan fingerprint density at radius 1 is 1.38 bits per heavy atom. The van der Waals surface area contributed by atoms with E-state index in [2.05, 4.69) is 15.6 Å². The molecule has 0 spiro atoms. The average molecular weight is 334 g/mol. The first kappa shape index (κ1) is 17.9. The summed E-state index contributed by atoms with van der Waals surface area (Å²) in [7, 11) is 0. The highest BCUT2D eigenvalue weighted by Gasteiger charge is 2.09. The van der Waals surface area contributed by atoms with E-state index >= 15 is 0 Å². The fourth-order valence-electron chi connectivity index (χ4n) is 2.45. The van der Waals surface area contributed by atoms with Crippen LogP contribution in [-0.2, 0) is 6.54 Å². The number of imidazole rings is 1. The maximum atomic E-state index is 14.1. The maximum absolute atomic E-state index is 14.1. The molecule has 0 aliphatic rings. The zero-order valence-corrected chi connectivity index (χ0v) is 13.9. The number of hydrogen-bond acceptors (Lipinski definition) is 3. The minimum atomic E-state index is -0.387. The number of aromatic nitrogens is 2. The first-order valence-corrected chi connectivity index (χ1v) is 7.92. The Morgan fingerprint density at radius 3 is 2.79 bits per heavy atom. The van der Waals surface area contributed by atoms with Crippen molar-refractivity contribution in [1.82, 2.24) is 20.2 Å². The van der Waals surface area contributed by atoms with Gasteiger partial charge in [0.15, 0.2) is 0 Å². The van der Waals surface area contributed by atoms with Crippen molar-refractivity contribution in [2.45, 2.75) is 32.9 Å². The summed E-state index contributed by atoms with van der Waals surface area (Å²) in [5, 5.41) is 14.7. The predicted molar refractivity (Wildman–Crippen MR) is 89.2 cm³/mol. The SMILES string of the molecule is CC(O)CC(C)CNC(=O)NCc1ccc(-n2ccnc2)c(F)c1. The Bertz CT molecular complexity index is 659. The van der Waals surface area contributed by atoms with Crippen molar-refractivity contribution in [3.05, 3.63) is 48.3 Å². The zero-order valence-electron chi connectivity index (χ0n) is 13.9. The van der Waals surface area contributed by atoms with Gasteiger partial charge in [-0.05, 0) is 37.0 Å². The Morgan fingerprint density at radius 2 is 2.17 bits per heavy atom. The molecule has 2 amide bonds. The summed E-state index contributed by atoms with van der Waals surface area (Å²) in [5.74, 6) is -0.194. The Balaban J connectivity index is 1.82. The van der Waals surface area contributed by atoms with Gasteiger partial charge in [-0.1, -0.05) is 13.0 Å². The molecule has 130 valence electrons. The third kappa shape index (κ3) is 5.34. The Hall–Kier alpha value is -2.41. The van der Waals surface area contributed by atoms with E-state index in [0.717, 1.165) is 0 Å². The molecule has 0 bridgehead atoms. The van der Waals surface area contributed by atoms with Gasteiger partial charge in [-0.3, -0.25) is 0 Å². The van der Waals surface area contributed by atoms with Gasteiger partial charge in [-0.25, -0.2) is 14.2 Å². The van der Waals surface area contributed by atoms with Crippen molar-refractivity contribution in [3.63, 3.8) is 0 Å². The fourth-order valence-corrected chi connectivity index (χ4v) is 2.45. The third-order valence-electron chi connectivity index (χ3n) is 3.60. The first-order valence-electron chi connectivity index (χ1n) is 7.92. The number of carbonyl (C=O) groups excluding carboxylic acids is 1. The molecular weight excluding hydrogens is 311 g/mol. The topological polar surface area (TPSA) is 79.2 Å². The first-order chi connectivity index (χ1) is 11.5. The van der Waals surface area contributed by atoms with E-state index in [4.69, 9.17) is 0 Å². The van der Waals surface area contributed by atoms with Crippen molar-refractivity contribution in [2.75, 3.05) is 6.54 Å². The summed E-state index contributed by atoms with van der Waals surface area (Å²) < 4.78 is 15.7. The molecule has 24 heavy (non-hydrogen) atoms. The largest absolute Gasteiger partial charge is 0.393 e. The smallest absolute Gasteiger partial charge is 0.315 e. The van der Waals surface area contributed by atoms with E-state index in [-0.39, 0.29) is 30.4 Å². The minimum absolute atomic E-state index is 0.183. The van der Waals surface area contributed by atoms with Gasteiger partial charge in [0.2, 0.25) is 0 Å². The van der Waals surface area contributed by atoms with Crippen molar-refractivity contribution in [2.24, 2.45) is 5.92 Å². The number of nitrogens with one attached hydrogen (secondary N) is 2. The number of aliphatic hydroxyl groups excluding tert-OH is 1. The van der Waals surface area contributed by atoms with Gasteiger partial charge in [0.1, 0.15) is 5.82 Å². The lowest BCUT2D eigenvalue weighted by atomic mass is 10.1. The highest BCUT2D eigenvalue weighted by atomic mass is 19.1. The molecule has 0 saturated carbocycles. The van der Waals surface area contributed by atoms with Crippen LogP contribution in [0.2, 0.25) is 0 Å². The summed E-state index contributed by atoms with van der Waals surface area (Å²) in [6.07, 6.45) is 5.01. The predicted octanol–water partition coefficient (Wildman–Crippen LogP) is 2.22. The second-order valence-corrected chi connectivity index (χ2v) is 6.01. The molecule has 6 nitrogen and oxygen atoms in total. The molecular formula is C17H23FN4O2. The average Bonchev–Trinajstić information content (AvgIpc) is 3.04. The van der Waals surface area contributed by atoms with Crippen LogP contribution in [0.5, 0.6) is 0 Å². The molecule has 1 heterocycles. The summed E-state index contributed by atoms with van der Waals surface area (Å²) in [6, 6.07) is 4.49. The molecule has 0 aliphatic carbocycles. The van der Waals surface area contributed by atoms with Gasteiger partial charge in [0, 0.05) is 25.5 Å². The summed E-state index contributed by atoms with van der Waals surface area (Å²) in [4.78, 5) is 15.6. The lowest BCUT2D eigenvalue weighted by molar-refractivity contribution is 0.163. The normalized spacial score (nSPS) is 13.3. The quantitative estimate of drug-likeness (QED) is 0.726. The van der Waals surface area contributed by atoms with Gasteiger partial charge >= 0.3 is 6.03 Å². The molecule has 0 saturated heterocycles. The molecule has 2 atom stereocenters. The highest BCUT2D eigenvalue weighted by Crippen LogP contribution is 2.14.